The molecule has 0 saturated heterocycles. The van der Waals surface area contributed by atoms with Crippen LogP contribution in [0.1, 0.15) is 15.2 Å². The normalized spacial score (nSPS) is 10.1. The largest absolute Gasteiger partial charge is 0.382 e. The third kappa shape index (κ3) is 1.82. The van der Waals surface area contributed by atoms with Crippen LogP contribution < -0.4 is 11.5 Å². The lowest BCUT2D eigenvalue weighted by Crippen LogP contribution is -2.02. The Bertz CT molecular complexity index is 493. The fourth-order valence-electron chi connectivity index (χ4n) is 1.23. The average Bonchev–Trinajstić information content (AvgIpc) is 2.58. The first-order valence-electron chi connectivity index (χ1n) is 4.30. The van der Waals surface area contributed by atoms with E-state index in [1.54, 1.807) is 24.3 Å². The summed E-state index contributed by atoms with van der Waals surface area (Å²) in [7, 11) is 0. The number of nitrogens with zero attached hydrogens (tertiary/aromatic N) is 1. The number of benzene rings is 1. The molecule has 0 fully saturated rings. The molecule has 4 N–H and O–H groups in total. The van der Waals surface area contributed by atoms with Gasteiger partial charge in [-0.3, -0.25) is 4.79 Å². The lowest BCUT2D eigenvalue weighted by molar-refractivity contribution is 0.104. The molecule has 0 radical (unpaired) electrons. The molecule has 0 spiro atoms. The number of ketones is 1. The number of aromatic nitrogens is 1. The second-order valence-corrected chi connectivity index (χ2v) is 3.99. The van der Waals surface area contributed by atoms with Crippen LogP contribution >= 0.6 is 11.3 Å². The number of carbonyl (C=O) groups is 1. The maximum absolute atomic E-state index is 11.9. The van der Waals surface area contributed by atoms with Crippen molar-refractivity contribution in [2.24, 2.45) is 0 Å². The van der Waals surface area contributed by atoms with Crippen molar-refractivity contribution in [1.29, 1.82) is 0 Å². The van der Waals surface area contributed by atoms with E-state index in [4.69, 9.17) is 11.5 Å². The highest BCUT2D eigenvalue weighted by Gasteiger charge is 2.16. The number of carbonyl (C=O) groups excluding carboxylic acids is 1. The summed E-state index contributed by atoms with van der Waals surface area (Å²) in [5.74, 6) is 0.0636. The Balaban J connectivity index is 2.41. The van der Waals surface area contributed by atoms with Gasteiger partial charge in [0.2, 0.25) is 5.78 Å². The summed E-state index contributed by atoms with van der Waals surface area (Å²) < 4.78 is 0. The molecule has 0 saturated carbocycles. The molecule has 2 rings (SSSR count). The quantitative estimate of drug-likeness (QED) is 0.750. The summed E-state index contributed by atoms with van der Waals surface area (Å²) in [5, 5.41) is 0.312. The van der Waals surface area contributed by atoms with Crippen molar-refractivity contribution in [3.63, 3.8) is 0 Å². The van der Waals surface area contributed by atoms with Crippen molar-refractivity contribution in [3.05, 3.63) is 40.8 Å². The molecular weight excluding hydrogens is 210 g/mol. The second-order valence-electron chi connectivity index (χ2n) is 2.96. The van der Waals surface area contributed by atoms with Crippen LogP contribution in [0.5, 0.6) is 0 Å². The van der Waals surface area contributed by atoms with E-state index in [0.717, 1.165) is 11.3 Å². The zero-order chi connectivity index (χ0) is 10.8. The highest BCUT2D eigenvalue weighted by atomic mass is 32.1. The lowest BCUT2D eigenvalue weighted by Gasteiger charge is -1.97. The maximum Gasteiger partial charge on any atom is 0.206 e. The minimum atomic E-state index is -0.137. The van der Waals surface area contributed by atoms with Crippen LogP contribution in [0.2, 0.25) is 0 Å². The summed E-state index contributed by atoms with van der Waals surface area (Å²) in [4.78, 5) is 16.1. The number of anilines is 2. The van der Waals surface area contributed by atoms with Crippen molar-refractivity contribution in [2.75, 3.05) is 11.5 Å². The van der Waals surface area contributed by atoms with Crippen molar-refractivity contribution >= 4 is 28.1 Å². The predicted molar refractivity (Wildman–Crippen MR) is 60.8 cm³/mol. The van der Waals surface area contributed by atoms with Gasteiger partial charge in [-0.25, -0.2) is 4.98 Å². The van der Waals surface area contributed by atoms with Crippen LogP contribution in [0.15, 0.2) is 30.3 Å². The molecule has 1 aromatic heterocycles. The van der Waals surface area contributed by atoms with E-state index < -0.39 is 0 Å². The highest BCUT2D eigenvalue weighted by molar-refractivity contribution is 7.18. The van der Waals surface area contributed by atoms with Crippen LogP contribution in [0.25, 0.3) is 0 Å². The zero-order valence-corrected chi connectivity index (χ0v) is 8.62. The SMILES string of the molecule is Nc1nc(N)c(C(=O)c2ccccc2)s1. The van der Waals surface area contributed by atoms with Gasteiger partial charge < -0.3 is 11.5 Å². The van der Waals surface area contributed by atoms with E-state index in [9.17, 15) is 4.79 Å². The molecule has 4 nitrogen and oxygen atoms in total. The second kappa shape index (κ2) is 3.70. The number of hydrogen-bond donors (Lipinski definition) is 2. The minimum Gasteiger partial charge on any atom is -0.382 e. The van der Waals surface area contributed by atoms with Gasteiger partial charge in [0, 0.05) is 5.56 Å². The van der Waals surface area contributed by atoms with Gasteiger partial charge in [0.15, 0.2) is 5.13 Å². The summed E-state index contributed by atoms with van der Waals surface area (Å²) >= 11 is 1.11. The summed E-state index contributed by atoms with van der Waals surface area (Å²) in [6.07, 6.45) is 0. The highest BCUT2D eigenvalue weighted by Crippen LogP contribution is 2.24. The van der Waals surface area contributed by atoms with Crippen molar-refractivity contribution in [3.8, 4) is 0 Å². The molecule has 15 heavy (non-hydrogen) atoms. The molecule has 0 aliphatic carbocycles. The lowest BCUT2D eigenvalue weighted by atomic mass is 10.1. The van der Waals surface area contributed by atoms with E-state index in [-0.39, 0.29) is 11.6 Å². The molecular formula is C10H9N3OS. The summed E-state index contributed by atoms with van der Waals surface area (Å²) in [6.45, 7) is 0. The Labute approximate surface area is 90.6 Å². The van der Waals surface area contributed by atoms with E-state index in [1.807, 2.05) is 6.07 Å². The van der Waals surface area contributed by atoms with Crippen molar-refractivity contribution in [1.82, 2.24) is 4.98 Å². The van der Waals surface area contributed by atoms with Crippen LogP contribution in [-0.2, 0) is 0 Å². The fraction of sp³-hybridized carbons (Fsp3) is 0. The van der Waals surface area contributed by atoms with Gasteiger partial charge >= 0.3 is 0 Å². The Morgan fingerprint density at radius 1 is 1.20 bits per heavy atom. The standard InChI is InChI=1S/C10H9N3OS/c11-9-8(15-10(12)13-9)7(14)6-4-2-1-3-5-6/h1-5H,11H2,(H2,12,13). The topological polar surface area (TPSA) is 82.0 Å². The monoisotopic (exact) mass is 219 g/mol. The molecule has 0 aliphatic rings. The number of nitrogens with two attached hydrogens (primary N) is 2. The van der Waals surface area contributed by atoms with Crippen LogP contribution in [0.3, 0.4) is 0 Å². The van der Waals surface area contributed by atoms with Crippen molar-refractivity contribution < 1.29 is 4.79 Å². The van der Waals surface area contributed by atoms with E-state index in [2.05, 4.69) is 4.98 Å². The number of hydrogen-bond acceptors (Lipinski definition) is 5. The number of nitrogen functional groups attached to an aromatic ring is 2. The maximum atomic E-state index is 11.9. The van der Waals surface area contributed by atoms with Gasteiger partial charge in [-0.15, -0.1) is 0 Å². The van der Waals surface area contributed by atoms with Crippen LogP contribution in [0.4, 0.5) is 10.9 Å². The van der Waals surface area contributed by atoms with Gasteiger partial charge in [0.25, 0.3) is 0 Å². The molecule has 1 heterocycles. The molecule has 0 unspecified atom stereocenters. The van der Waals surface area contributed by atoms with E-state index in [1.165, 1.54) is 0 Å². The van der Waals surface area contributed by atoms with Crippen LogP contribution in [-0.4, -0.2) is 10.8 Å². The Morgan fingerprint density at radius 2 is 1.87 bits per heavy atom. The molecule has 1 aromatic carbocycles. The summed E-state index contributed by atoms with van der Waals surface area (Å²) in [6, 6.07) is 8.91. The van der Waals surface area contributed by atoms with Gasteiger partial charge in [-0.1, -0.05) is 41.7 Å². The fourth-order valence-corrected chi connectivity index (χ4v) is 1.95. The number of rotatable bonds is 2. The smallest absolute Gasteiger partial charge is 0.206 e. The molecule has 2 aromatic rings. The third-order valence-electron chi connectivity index (χ3n) is 1.91. The molecule has 0 bridgehead atoms. The number of thiazole rings is 1. The predicted octanol–water partition coefficient (Wildman–Crippen LogP) is 1.54. The Kier molecular flexibility index (Phi) is 2.39. The molecule has 0 atom stereocenters. The molecule has 5 heteroatoms. The van der Waals surface area contributed by atoms with E-state index in [0.29, 0.717) is 15.6 Å². The van der Waals surface area contributed by atoms with Crippen LogP contribution in [0, 0.1) is 0 Å². The van der Waals surface area contributed by atoms with E-state index >= 15 is 0 Å². The molecule has 76 valence electrons. The Hall–Kier alpha value is -1.88. The van der Waals surface area contributed by atoms with Gasteiger partial charge in [0.1, 0.15) is 10.7 Å². The molecule has 0 aliphatic heterocycles. The van der Waals surface area contributed by atoms with Gasteiger partial charge in [0.05, 0.1) is 0 Å². The average molecular weight is 219 g/mol. The first-order valence-corrected chi connectivity index (χ1v) is 5.11. The minimum absolute atomic E-state index is 0.137. The van der Waals surface area contributed by atoms with Gasteiger partial charge in [-0.05, 0) is 0 Å². The van der Waals surface area contributed by atoms with Crippen molar-refractivity contribution in [2.45, 2.75) is 0 Å². The summed E-state index contributed by atoms with van der Waals surface area (Å²) in [5.41, 5.74) is 11.6. The zero-order valence-electron chi connectivity index (χ0n) is 7.81. The first-order chi connectivity index (χ1) is 7.18. The Morgan fingerprint density at radius 3 is 2.40 bits per heavy atom. The molecule has 0 amide bonds. The third-order valence-corrected chi connectivity index (χ3v) is 2.81. The van der Waals surface area contributed by atoms with Gasteiger partial charge in [-0.2, -0.15) is 0 Å². The first kappa shape index (κ1) is 9.67.